The van der Waals surface area contributed by atoms with E-state index in [9.17, 15) is 10.1 Å². The van der Waals surface area contributed by atoms with E-state index in [0.717, 1.165) is 16.8 Å². The van der Waals surface area contributed by atoms with Crippen LogP contribution < -0.4 is 5.32 Å². The Morgan fingerprint density at radius 2 is 2.05 bits per heavy atom. The second kappa shape index (κ2) is 6.24. The maximum absolute atomic E-state index is 10.7. The third-order valence-electron chi connectivity index (χ3n) is 2.84. The summed E-state index contributed by atoms with van der Waals surface area (Å²) in [4.78, 5) is 10.3. The van der Waals surface area contributed by atoms with Gasteiger partial charge in [0.15, 0.2) is 0 Å². The minimum absolute atomic E-state index is 0.0639. The molecule has 0 heterocycles. The van der Waals surface area contributed by atoms with Crippen molar-refractivity contribution in [3.8, 4) is 0 Å². The van der Waals surface area contributed by atoms with E-state index in [2.05, 4.69) is 21.2 Å². The van der Waals surface area contributed by atoms with Crippen LogP contribution in [-0.4, -0.2) is 4.92 Å². The van der Waals surface area contributed by atoms with Gasteiger partial charge >= 0.3 is 0 Å². The van der Waals surface area contributed by atoms with Crippen LogP contribution in [0.3, 0.4) is 0 Å². The lowest BCUT2D eigenvalue weighted by molar-refractivity contribution is -0.384. The Bertz CT molecular complexity index is 662. The fourth-order valence-corrected chi connectivity index (χ4v) is 2.56. The summed E-state index contributed by atoms with van der Waals surface area (Å²) in [6.45, 7) is 2.50. The predicted octanol–water partition coefficient (Wildman–Crippen LogP) is 4.93. The zero-order valence-electron chi connectivity index (χ0n) is 10.7. The summed E-state index contributed by atoms with van der Waals surface area (Å²) in [5.41, 5.74) is 2.92. The topological polar surface area (TPSA) is 55.2 Å². The Morgan fingerprint density at radius 1 is 1.30 bits per heavy atom. The van der Waals surface area contributed by atoms with Crippen molar-refractivity contribution >= 4 is 38.9 Å². The molecule has 1 N–H and O–H groups in total. The number of nitro benzene ring substituents is 1. The Morgan fingerprint density at radius 3 is 2.65 bits per heavy atom. The molecule has 0 atom stereocenters. The third kappa shape index (κ3) is 3.49. The van der Waals surface area contributed by atoms with Gasteiger partial charge in [0.05, 0.1) is 15.6 Å². The smallest absolute Gasteiger partial charge is 0.270 e. The summed E-state index contributed by atoms with van der Waals surface area (Å²) in [6.07, 6.45) is 0. The van der Waals surface area contributed by atoms with Crippen molar-refractivity contribution in [2.45, 2.75) is 13.5 Å². The van der Waals surface area contributed by atoms with Gasteiger partial charge in [-0.2, -0.15) is 0 Å². The molecule has 0 fully saturated rings. The van der Waals surface area contributed by atoms with Crippen molar-refractivity contribution in [2.24, 2.45) is 0 Å². The number of rotatable bonds is 4. The van der Waals surface area contributed by atoms with E-state index in [4.69, 9.17) is 11.6 Å². The van der Waals surface area contributed by atoms with Gasteiger partial charge in [-0.1, -0.05) is 33.6 Å². The Balaban J connectivity index is 2.13. The number of anilines is 1. The highest BCUT2D eigenvalue weighted by Gasteiger charge is 2.09. The van der Waals surface area contributed by atoms with Crippen molar-refractivity contribution in [1.82, 2.24) is 0 Å². The van der Waals surface area contributed by atoms with Gasteiger partial charge in [-0.15, -0.1) is 0 Å². The van der Waals surface area contributed by atoms with Crippen LogP contribution in [-0.2, 0) is 6.54 Å². The number of hydrogen-bond acceptors (Lipinski definition) is 3. The van der Waals surface area contributed by atoms with E-state index in [0.29, 0.717) is 16.0 Å². The van der Waals surface area contributed by atoms with E-state index in [1.165, 1.54) is 12.1 Å². The number of benzene rings is 2. The molecular weight excluding hydrogens is 344 g/mol. The van der Waals surface area contributed by atoms with Crippen LogP contribution in [0.25, 0.3) is 0 Å². The lowest BCUT2D eigenvalue weighted by atomic mass is 10.2. The summed E-state index contributed by atoms with van der Waals surface area (Å²) in [5.74, 6) is 0. The van der Waals surface area contributed by atoms with Gasteiger partial charge in [-0.3, -0.25) is 10.1 Å². The van der Waals surface area contributed by atoms with E-state index < -0.39 is 4.92 Å². The van der Waals surface area contributed by atoms with E-state index in [-0.39, 0.29) is 5.69 Å². The van der Waals surface area contributed by atoms with Crippen LogP contribution in [0, 0.1) is 17.0 Å². The van der Waals surface area contributed by atoms with Crippen molar-refractivity contribution < 1.29 is 4.92 Å². The first-order chi connectivity index (χ1) is 9.47. The molecule has 0 aliphatic rings. The quantitative estimate of drug-likeness (QED) is 0.625. The minimum Gasteiger partial charge on any atom is -0.380 e. The normalized spacial score (nSPS) is 10.3. The molecule has 0 aromatic heterocycles. The molecule has 4 nitrogen and oxygen atoms in total. The van der Waals surface area contributed by atoms with Gasteiger partial charge in [0, 0.05) is 23.2 Å². The molecule has 2 aromatic rings. The molecule has 0 saturated carbocycles. The molecule has 20 heavy (non-hydrogen) atoms. The highest BCUT2D eigenvalue weighted by molar-refractivity contribution is 9.10. The zero-order chi connectivity index (χ0) is 14.7. The largest absolute Gasteiger partial charge is 0.380 e. The Hall–Kier alpha value is -1.59. The Labute approximate surface area is 130 Å². The van der Waals surface area contributed by atoms with Crippen LogP contribution in [0.1, 0.15) is 11.1 Å². The lowest BCUT2D eigenvalue weighted by Crippen LogP contribution is -2.01. The van der Waals surface area contributed by atoms with E-state index in [1.807, 2.05) is 25.1 Å². The molecule has 0 radical (unpaired) electrons. The van der Waals surface area contributed by atoms with Gasteiger partial charge in [0.2, 0.25) is 0 Å². The summed E-state index contributed by atoms with van der Waals surface area (Å²) in [5, 5.41) is 14.5. The summed E-state index contributed by atoms with van der Waals surface area (Å²) >= 11 is 9.48. The number of hydrogen-bond donors (Lipinski definition) is 1. The predicted molar refractivity (Wildman–Crippen MR) is 84.3 cm³/mol. The number of nitrogens with one attached hydrogen (secondary N) is 1. The van der Waals surface area contributed by atoms with Crippen molar-refractivity contribution in [3.05, 3.63) is 67.1 Å². The first-order valence-corrected chi connectivity index (χ1v) is 7.07. The van der Waals surface area contributed by atoms with Crippen molar-refractivity contribution in [1.29, 1.82) is 0 Å². The Kier molecular flexibility index (Phi) is 4.62. The van der Waals surface area contributed by atoms with E-state index >= 15 is 0 Å². The van der Waals surface area contributed by atoms with Crippen LogP contribution in [0.5, 0.6) is 0 Å². The highest BCUT2D eigenvalue weighted by Crippen LogP contribution is 2.26. The fourth-order valence-electron chi connectivity index (χ4n) is 1.75. The molecule has 0 unspecified atom stereocenters. The number of nitro groups is 1. The van der Waals surface area contributed by atoms with Gasteiger partial charge in [0.1, 0.15) is 0 Å². The first-order valence-electron chi connectivity index (χ1n) is 5.90. The monoisotopic (exact) mass is 354 g/mol. The maximum atomic E-state index is 10.7. The zero-order valence-corrected chi connectivity index (χ0v) is 13.0. The molecule has 104 valence electrons. The number of halogens is 2. The third-order valence-corrected chi connectivity index (χ3v) is 3.89. The highest BCUT2D eigenvalue weighted by atomic mass is 79.9. The molecule has 0 aliphatic heterocycles. The molecule has 2 aromatic carbocycles. The van der Waals surface area contributed by atoms with Crippen molar-refractivity contribution in [2.75, 3.05) is 5.32 Å². The summed E-state index contributed by atoms with van der Waals surface area (Å²) in [7, 11) is 0. The first kappa shape index (κ1) is 14.8. The SMILES string of the molecule is Cc1ccc(NCc2ccc([N+](=O)[O-])cc2Br)c(Cl)c1. The minimum atomic E-state index is -0.418. The number of non-ortho nitro benzene ring substituents is 1. The fraction of sp³-hybridized carbons (Fsp3) is 0.143. The molecule has 2 rings (SSSR count). The standard InChI is InChI=1S/C14H12BrClN2O2/c1-9-2-5-14(13(16)6-9)17-8-10-3-4-11(18(19)20)7-12(10)15/h2-7,17H,8H2,1H3. The number of aryl methyl sites for hydroxylation is 1. The molecule has 0 aliphatic carbocycles. The molecule has 0 amide bonds. The molecule has 0 bridgehead atoms. The summed E-state index contributed by atoms with van der Waals surface area (Å²) in [6, 6.07) is 10.5. The van der Waals surface area contributed by atoms with Gasteiger partial charge in [0.25, 0.3) is 5.69 Å². The van der Waals surface area contributed by atoms with Crippen LogP contribution in [0.15, 0.2) is 40.9 Å². The second-order valence-electron chi connectivity index (χ2n) is 4.37. The molecular formula is C14H12BrClN2O2. The number of nitrogens with zero attached hydrogens (tertiary/aromatic N) is 1. The van der Waals surface area contributed by atoms with Crippen LogP contribution in [0.2, 0.25) is 5.02 Å². The molecule has 6 heteroatoms. The van der Waals surface area contributed by atoms with Gasteiger partial charge < -0.3 is 5.32 Å². The maximum Gasteiger partial charge on any atom is 0.270 e. The van der Waals surface area contributed by atoms with Gasteiger partial charge in [-0.05, 0) is 36.2 Å². The van der Waals surface area contributed by atoms with Crippen molar-refractivity contribution in [3.63, 3.8) is 0 Å². The molecule has 0 spiro atoms. The lowest BCUT2D eigenvalue weighted by Gasteiger charge is -2.10. The van der Waals surface area contributed by atoms with Crippen LogP contribution in [0.4, 0.5) is 11.4 Å². The average molecular weight is 356 g/mol. The summed E-state index contributed by atoms with van der Waals surface area (Å²) < 4.78 is 0.697. The second-order valence-corrected chi connectivity index (χ2v) is 5.63. The van der Waals surface area contributed by atoms with Gasteiger partial charge in [-0.25, -0.2) is 0 Å². The van der Waals surface area contributed by atoms with E-state index in [1.54, 1.807) is 6.07 Å². The molecule has 0 saturated heterocycles. The average Bonchev–Trinajstić information content (AvgIpc) is 2.38. The van der Waals surface area contributed by atoms with Crippen LogP contribution >= 0.6 is 27.5 Å².